The number of halogens is 3. The molecular weight excluding hydrogens is 462 g/mol. The van der Waals surface area contributed by atoms with Gasteiger partial charge >= 0.3 is 5.69 Å². The first-order valence-electron chi connectivity index (χ1n) is 9.83. The third kappa shape index (κ3) is 5.05. The van der Waals surface area contributed by atoms with E-state index in [2.05, 4.69) is 25.3 Å². The minimum absolute atomic E-state index is 0.0239. The summed E-state index contributed by atoms with van der Waals surface area (Å²) in [7, 11) is 0. The Hall–Kier alpha value is -3.05. The number of fused-ring (bicyclic) bond motifs is 1. The Morgan fingerprint density at radius 2 is 2.03 bits per heavy atom. The third-order valence-electron chi connectivity index (χ3n) is 4.65. The number of azo groups is 1. The smallest absolute Gasteiger partial charge is 0.323 e. The van der Waals surface area contributed by atoms with Gasteiger partial charge in [-0.3, -0.25) is 13.9 Å². The first-order chi connectivity index (χ1) is 15.4. The van der Waals surface area contributed by atoms with Crippen LogP contribution in [0.25, 0.3) is 11.2 Å². The van der Waals surface area contributed by atoms with E-state index in [9.17, 15) is 14.0 Å². The lowest BCUT2D eigenvalue weighted by Gasteiger charge is -2.09. The molecule has 32 heavy (non-hydrogen) atoms. The number of hydrazone groups is 1. The zero-order valence-electron chi connectivity index (χ0n) is 17.2. The van der Waals surface area contributed by atoms with Gasteiger partial charge in [0, 0.05) is 30.1 Å². The summed E-state index contributed by atoms with van der Waals surface area (Å²) in [6.45, 7) is 2.60. The van der Waals surface area contributed by atoms with Crippen molar-refractivity contribution in [1.82, 2.24) is 19.1 Å². The monoisotopic (exact) mass is 482 g/mol. The van der Waals surface area contributed by atoms with Gasteiger partial charge in [-0.25, -0.2) is 9.18 Å². The molecule has 0 aliphatic carbocycles. The molecule has 0 amide bonds. The number of imidazole rings is 1. The fraction of sp³-hybridized carbons (Fsp3) is 0.368. The molecule has 3 N–H and O–H groups in total. The van der Waals surface area contributed by atoms with E-state index in [0.29, 0.717) is 19.4 Å². The number of rotatable bonds is 8. The van der Waals surface area contributed by atoms with Gasteiger partial charge in [0.25, 0.3) is 5.56 Å². The number of hydrogen-bond donors (Lipinski definition) is 2. The molecule has 13 heteroatoms. The van der Waals surface area contributed by atoms with Crippen molar-refractivity contribution < 1.29 is 4.39 Å². The summed E-state index contributed by atoms with van der Waals surface area (Å²) in [6, 6.07) is 4.32. The number of H-pyrrole nitrogens is 1. The lowest BCUT2D eigenvalue weighted by atomic mass is 10.1. The van der Waals surface area contributed by atoms with Crippen molar-refractivity contribution in [3.8, 4) is 0 Å². The van der Waals surface area contributed by atoms with Gasteiger partial charge in [-0.15, -0.1) is 5.11 Å². The molecule has 3 rings (SSSR count). The van der Waals surface area contributed by atoms with Crippen LogP contribution >= 0.6 is 23.2 Å². The van der Waals surface area contributed by atoms with Crippen LogP contribution in [0.2, 0.25) is 10.3 Å². The van der Waals surface area contributed by atoms with Crippen LogP contribution in [0.15, 0.2) is 43.1 Å². The van der Waals surface area contributed by atoms with E-state index in [0.717, 1.165) is 4.57 Å². The number of benzene rings is 1. The fourth-order valence-corrected chi connectivity index (χ4v) is 3.56. The lowest BCUT2D eigenvalue weighted by Crippen LogP contribution is -2.40. The number of nitrogens with one attached hydrogen (secondary N) is 1. The van der Waals surface area contributed by atoms with E-state index in [1.807, 2.05) is 6.92 Å². The van der Waals surface area contributed by atoms with Crippen LogP contribution < -0.4 is 17.1 Å². The summed E-state index contributed by atoms with van der Waals surface area (Å²) < 4.78 is 16.4. The quantitative estimate of drug-likeness (QED) is 0.0968. The molecule has 1 aromatic carbocycles. The molecule has 170 valence electrons. The van der Waals surface area contributed by atoms with Gasteiger partial charge in [-0.2, -0.15) is 15.2 Å². The van der Waals surface area contributed by atoms with Crippen LogP contribution in [0, 0.1) is 5.82 Å². The summed E-state index contributed by atoms with van der Waals surface area (Å²) in [6.07, 6.45) is 1.000. The molecule has 0 aliphatic heterocycles. The maximum absolute atomic E-state index is 13.9. The molecule has 0 saturated heterocycles. The Morgan fingerprint density at radius 3 is 2.72 bits per heavy atom. The number of aryl methyl sites for hydroxylation is 1. The van der Waals surface area contributed by atoms with Gasteiger partial charge < -0.3 is 10.8 Å². The Morgan fingerprint density at radius 1 is 1.25 bits per heavy atom. The van der Waals surface area contributed by atoms with Crippen LogP contribution in [0.1, 0.15) is 25.3 Å². The molecule has 0 spiro atoms. The van der Waals surface area contributed by atoms with E-state index < -0.39 is 17.1 Å². The number of hydrogen-bond acceptors (Lipinski definition) is 6. The molecule has 10 nitrogen and oxygen atoms in total. The van der Waals surface area contributed by atoms with Gasteiger partial charge in [0.05, 0.1) is 6.54 Å². The zero-order chi connectivity index (χ0) is 23.3. The van der Waals surface area contributed by atoms with Crippen molar-refractivity contribution in [2.24, 2.45) is 21.2 Å². The fourth-order valence-electron chi connectivity index (χ4n) is 3.16. The molecule has 0 atom stereocenters. The van der Waals surface area contributed by atoms with E-state index in [-0.39, 0.29) is 52.4 Å². The molecule has 3 aromatic rings. The normalized spacial score (nSPS) is 12.3. The van der Waals surface area contributed by atoms with Gasteiger partial charge in [0.1, 0.15) is 5.82 Å². The minimum Gasteiger partial charge on any atom is -0.323 e. The van der Waals surface area contributed by atoms with E-state index in [1.165, 1.54) is 16.7 Å². The Labute approximate surface area is 191 Å². The Balaban J connectivity index is 1.70. The average molecular weight is 483 g/mol. The van der Waals surface area contributed by atoms with Crippen molar-refractivity contribution in [3.63, 3.8) is 0 Å². The van der Waals surface area contributed by atoms with Crippen LogP contribution in [0.3, 0.4) is 0 Å². The molecule has 0 radical (unpaired) electrons. The van der Waals surface area contributed by atoms with Crippen molar-refractivity contribution in [2.75, 3.05) is 6.54 Å². The first kappa shape index (κ1) is 23.6. The highest BCUT2D eigenvalue weighted by Crippen LogP contribution is 2.20. The highest BCUT2D eigenvalue weighted by molar-refractivity contribution is 6.31. The molecule has 0 aliphatic rings. The third-order valence-corrected chi connectivity index (χ3v) is 5.18. The van der Waals surface area contributed by atoms with Gasteiger partial charge in [0.15, 0.2) is 17.0 Å². The number of amidine groups is 1. The topological polar surface area (TPSA) is 136 Å². The molecular formula is C19H21Cl2FN8O2. The second-order valence-electron chi connectivity index (χ2n) is 6.86. The van der Waals surface area contributed by atoms with Crippen molar-refractivity contribution in [2.45, 2.75) is 39.3 Å². The number of aromatic nitrogens is 4. The Bertz CT molecular complexity index is 1270. The van der Waals surface area contributed by atoms with Crippen LogP contribution in [-0.4, -0.2) is 31.5 Å². The number of nitrogens with zero attached hydrogens (tertiary/aromatic N) is 6. The predicted molar refractivity (Wildman–Crippen MR) is 121 cm³/mol. The van der Waals surface area contributed by atoms with Gasteiger partial charge in [-0.05, 0) is 36.6 Å². The summed E-state index contributed by atoms with van der Waals surface area (Å²) in [4.78, 5) is 32.2. The SMILES string of the molecule is CCCn1c(=O)n(CCCN=NC(Cc2c(F)cccc2Cl)=NN)c(=O)c2[nH]c(Cl)nc21. The molecule has 0 unspecified atom stereocenters. The first-order valence-corrected chi connectivity index (χ1v) is 10.6. The van der Waals surface area contributed by atoms with E-state index >= 15 is 0 Å². The summed E-state index contributed by atoms with van der Waals surface area (Å²) in [5.41, 5.74) is -0.357. The zero-order valence-corrected chi connectivity index (χ0v) is 18.7. The highest BCUT2D eigenvalue weighted by Gasteiger charge is 2.16. The average Bonchev–Trinajstić information content (AvgIpc) is 3.16. The van der Waals surface area contributed by atoms with E-state index in [1.54, 1.807) is 6.07 Å². The van der Waals surface area contributed by atoms with Crippen molar-refractivity contribution >= 4 is 40.2 Å². The standard InChI is InChI=1S/C19H21Cl2FN8O2/c1-2-8-29-16-15(25-18(21)26-16)17(31)30(19(29)32)9-4-7-24-28-14(27-23)10-11-12(20)5-3-6-13(11)22/h3,5-6H,2,4,7-10,23H2,1H3,(H,25,26). The summed E-state index contributed by atoms with van der Waals surface area (Å²) in [5.74, 6) is 4.92. The summed E-state index contributed by atoms with van der Waals surface area (Å²) in [5, 5.41) is 11.7. The van der Waals surface area contributed by atoms with Crippen LogP contribution in [-0.2, 0) is 19.5 Å². The van der Waals surface area contributed by atoms with Crippen molar-refractivity contribution in [1.29, 1.82) is 0 Å². The lowest BCUT2D eigenvalue weighted by molar-refractivity contribution is 0.545. The highest BCUT2D eigenvalue weighted by atomic mass is 35.5. The predicted octanol–water partition coefficient (Wildman–Crippen LogP) is 3.10. The van der Waals surface area contributed by atoms with E-state index in [4.69, 9.17) is 29.0 Å². The number of nitrogens with two attached hydrogens (primary N) is 1. The number of aromatic amines is 1. The largest absolute Gasteiger partial charge is 0.332 e. The molecule has 2 aromatic heterocycles. The summed E-state index contributed by atoms with van der Waals surface area (Å²) >= 11 is 11.9. The van der Waals surface area contributed by atoms with Crippen LogP contribution in [0.4, 0.5) is 4.39 Å². The van der Waals surface area contributed by atoms with Crippen LogP contribution in [0.5, 0.6) is 0 Å². The van der Waals surface area contributed by atoms with Crippen molar-refractivity contribution in [3.05, 3.63) is 60.7 Å². The Kier molecular flexibility index (Phi) is 7.75. The van der Waals surface area contributed by atoms with Gasteiger partial charge in [0.2, 0.25) is 5.28 Å². The molecule has 2 heterocycles. The minimum atomic E-state index is -0.507. The van der Waals surface area contributed by atoms with Gasteiger partial charge in [-0.1, -0.05) is 24.6 Å². The second kappa shape index (κ2) is 10.5. The maximum atomic E-state index is 13.9. The maximum Gasteiger partial charge on any atom is 0.332 e. The molecule has 0 fully saturated rings. The molecule has 0 saturated carbocycles. The molecule has 0 bridgehead atoms. The second-order valence-corrected chi connectivity index (χ2v) is 7.62.